The highest BCUT2D eigenvalue weighted by molar-refractivity contribution is 5.80. The molecule has 0 aromatic heterocycles. The van der Waals surface area contributed by atoms with Crippen molar-refractivity contribution in [2.45, 2.75) is 13.0 Å². The summed E-state index contributed by atoms with van der Waals surface area (Å²) in [5, 5.41) is 5.30. The van der Waals surface area contributed by atoms with Gasteiger partial charge in [0.05, 0.1) is 12.6 Å². The fourth-order valence-corrected chi connectivity index (χ4v) is 0.701. The van der Waals surface area contributed by atoms with Crippen molar-refractivity contribution < 1.29 is 9.59 Å². The lowest BCUT2D eigenvalue weighted by atomic mass is 10.3. The minimum atomic E-state index is -0.741. The Labute approximate surface area is 77.0 Å². The summed E-state index contributed by atoms with van der Waals surface area (Å²) >= 11 is 0. The van der Waals surface area contributed by atoms with Gasteiger partial charge in [-0.15, -0.1) is 0 Å². The van der Waals surface area contributed by atoms with E-state index in [-0.39, 0.29) is 19.0 Å². The highest BCUT2D eigenvalue weighted by Crippen LogP contribution is 1.72. The van der Waals surface area contributed by atoms with Gasteiger partial charge in [0.1, 0.15) is 0 Å². The summed E-state index contributed by atoms with van der Waals surface area (Å²) in [6.45, 7) is 2.77. The molecule has 13 heavy (non-hydrogen) atoms. The number of likely N-dealkylation sites (N-methyl/N-ethyl adjacent to an activating group) is 1. The van der Waals surface area contributed by atoms with E-state index in [1.165, 1.54) is 0 Å². The van der Waals surface area contributed by atoms with Gasteiger partial charge in [-0.1, -0.05) is 0 Å². The molecule has 0 aliphatic carbocycles. The molecular weight excluding hydrogens is 172 g/mol. The van der Waals surface area contributed by atoms with Crippen LogP contribution >= 0.6 is 0 Å². The number of hydrogen-bond donors (Lipinski definition) is 4. The SMILES string of the molecule is CCNC(=O)CNCC(N)C(N)=O. The minimum absolute atomic E-state index is 0.126. The first-order chi connectivity index (χ1) is 6.07. The molecule has 0 fully saturated rings. The molecule has 0 aromatic rings. The van der Waals surface area contributed by atoms with Crippen LogP contribution in [0.3, 0.4) is 0 Å². The highest BCUT2D eigenvalue weighted by Gasteiger charge is 2.08. The predicted molar refractivity (Wildman–Crippen MR) is 48.7 cm³/mol. The van der Waals surface area contributed by atoms with E-state index in [1.54, 1.807) is 0 Å². The molecule has 0 spiro atoms. The quantitative estimate of drug-likeness (QED) is 0.370. The lowest BCUT2D eigenvalue weighted by Gasteiger charge is -2.08. The molecule has 0 heterocycles. The maximum atomic E-state index is 10.9. The van der Waals surface area contributed by atoms with Crippen LogP contribution in [-0.4, -0.2) is 37.5 Å². The topological polar surface area (TPSA) is 110 Å². The number of rotatable bonds is 6. The first-order valence-corrected chi connectivity index (χ1v) is 4.10. The molecule has 6 N–H and O–H groups in total. The normalized spacial score (nSPS) is 12.2. The van der Waals surface area contributed by atoms with E-state index in [9.17, 15) is 9.59 Å². The van der Waals surface area contributed by atoms with Gasteiger partial charge < -0.3 is 22.1 Å². The molecule has 0 bridgehead atoms. The number of hydrogen-bond acceptors (Lipinski definition) is 4. The van der Waals surface area contributed by atoms with E-state index in [1.807, 2.05) is 6.92 Å². The van der Waals surface area contributed by atoms with Crippen LogP contribution in [0.1, 0.15) is 6.92 Å². The monoisotopic (exact) mass is 188 g/mol. The smallest absolute Gasteiger partial charge is 0.235 e. The number of carbonyl (C=O) groups excluding carboxylic acids is 2. The van der Waals surface area contributed by atoms with E-state index < -0.39 is 11.9 Å². The second kappa shape index (κ2) is 6.38. The first-order valence-electron chi connectivity index (χ1n) is 4.10. The molecule has 0 saturated carbocycles. The summed E-state index contributed by atoms with van der Waals surface area (Å²) in [5.41, 5.74) is 10.2. The van der Waals surface area contributed by atoms with Gasteiger partial charge in [0, 0.05) is 13.1 Å². The molecule has 0 rings (SSSR count). The number of primary amides is 1. The summed E-state index contributed by atoms with van der Waals surface area (Å²) in [5.74, 6) is -0.706. The predicted octanol–water partition coefficient (Wildman–Crippen LogP) is -2.48. The largest absolute Gasteiger partial charge is 0.368 e. The van der Waals surface area contributed by atoms with Crippen LogP contribution in [-0.2, 0) is 9.59 Å². The van der Waals surface area contributed by atoms with Gasteiger partial charge >= 0.3 is 0 Å². The Morgan fingerprint density at radius 1 is 1.46 bits per heavy atom. The van der Waals surface area contributed by atoms with Crippen molar-refractivity contribution in [3.63, 3.8) is 0 Å². The average molecular weight is 188 g/mol. The molecule has 1 unspecified atom stereocenters. The van der Waals surface area contributed by atoms with Crippen LogP contribution in [0.2, 0.25) is 0 Å². The van der Waals surface area contributed by atoms with Gasteiger partial charge in [0.25, 0.3) is 0 Å². The van der Waals surface area contributed by atoms with Crippen LogP contribution < -0.4 is 22.1 Å². The van der Waals surface area contributed by atoms with Crippen molar-refractivity contribution in [2.24, 2.45) is 11.5 Å². The molecule has 2 amide bonds. The Morgan fingerprint density at radius 3 is 2.54 bits per heavy atom. The molecule has 6 nitrogen and oxygen atoms in total. The van der Waals surface area contributed by atoms with Crippen LogP contribution in [0.25, 0.3) is 0 Å². The van der Waals surface area contributed by atoms with Crippen molar-refractivity contribution in [1.82, 2.24) is 10.6 Å². The number of amides is 2. The third-order valence-electron chi connectivity index (χ3n) is 1.39. The van der Waals surface area contributed by atoms with Gasteiger partial charge in [-0.25, -0.2) is 0 Å². The average Bonchev–Trinajstić information content (AvgIpc) is 2.04. The van der Waals surface area contributed by atoms with Gasteiger partial charge in [-0.05, 0) is 6.92 Å². The van der Waals surface area contributed by atoms with Gasteiger partial charge in [0.15, 0.2) is 0 Å². The van der Waals surface area contributed by atoms with Gasteiger partial charge in [-0.3, -0.25) is 9.59 Å². The van der Waals surface area contributed by atoms with E-state index in [0.717, 1.165) is 0 Å². The zero-order valence-corrected chi connectivity index (χ0v) is 7.67. The number of nitrogens with one attached hydrogen (secondary N) is 2. The van der Waals surface area contributed by atoms with Gasteiger partial charge in [0.2, 0.25) is 11.8 Å². The van der Waals surface area contributed by atoms with Crippen molar-refractivity contribution in [3.05, 3.63) is 0 Å². The number of carbonyl (C=O) groups is 2. The van der Waals surface area contributed by atoms with Crippen molar-refractivity contribution in [1.29, 1.82) is 0 Å². The van der Waals surface area contributed by atoms with Crippen LogP contribution in [0.15, 0.2) is 0 Å². The summed E-state index contributed by atoms with van der Waals surface area (Å²) in [6, 6.07) is -0.741. The molecular formula is C7H16N4O2. The molecule has 0 radical (unpaired) electrons. The maximum Gasteiger partial charge on any atom is 0.235 e. The second-order valence-electron chi connectivity index (χ2n) is 2.59. The molecule has 76 valence electrons. The van der Waals surface area contributed by atoms with E-state index in [2.05, 4.69) is 10.6 Å². The zero-order valence-electron chi connectivity index (χ0n) is 7.67. The molecule has 6 heteroatoms. The summed E-state index contributed by atoms with van der Waals surface area (Å²) < 4.78 is 0. The molecule has 1 atom stereocenters. The Bertz CT molecular complexity index is 183. The Kier molecular flexibility index (Phi) is 5.82. The fraction of sp³-hybridized carbons (Fsp3) is 0.714. The molecule has 0 aliphatic rings. The Morgan fingerprint density at radius 2 is 2.08 bits per heavy atom. The minimum Gasteiger partial charge on any atom is -0.368 e. The highest BCUT2D eigenvalue weighted by atomic mass is 16.2. The van der Waals surface area contributed by atoms with Crippen molar-refractivity contribution in [3.8, 4) is 0 Å². The summed E-state index contributed by atoms with van der Waals surface area (Å²) in [4.78, 5) is 21.3. The third-order valence-corrected chi connectivity index (χ3v) is 1.39. The standard InChI is InChI=1S/C7H16N4O2/c1-2-11-6(12)4-10-3-5(8)7(9)13/h5,10H,2-4,8H2,1H3,(H2,9,13)(H,11,12). The van der Waals surface area contributed by atoms with Crippen molar-refractivity contribution >= 4 is 11.8 Å². The fourth-order valence-electron chi connectivity index (χ4n) is 0.701. The Hall–Kier alpha value is -1.14. The summed E-state index contributed by atoms with van der Waals surface area (Å²) in [6.07, 6.45) is 0. The van der Waals surface area contributed by atoms with E-state index in [0.29, 0.717) is 6.54 Å². The van der Waals surface area contributed by atoms with E-state index >= 15 is 0 Å². The van der Waals surface area contributed by atoms with Crippen LogP contribution in [0.4, 0.5) is 0 Å². The molecule has 0 aliphatic heterocycles. The lowest BCUT2D eigenvalue weighted by molar-refractivity contribution is -0.121. The number of nitrogens with two attached hydrogens (primary N) is 2. The van der Waals surface area contributed by atoms with E-state index in [4.69, 9.17) is 11.5 Å². The Balaban J connectivity index is 3.44. The first kappa shape index (κ1) is 11.9. The van der Waals surface area contributed by atoms with Crippen LogP contribution in [0, 0.1) is 0 Å². The molecule has 0 saturated heterocycles. The summed E-state index contributed by atoms with van der Waals surface area (Å²) in [7, 11) is 0. The second-order valence-corrected chi connectivity index (χ2v) is 2.59. The lowest BCUT2D eigenvalue weighted by Crippen LogP contribution is -2.46. The molecule has 0 aromatic carbocycles. The van der Waals surface area contributed by atoms with Crippen LogP contribution in [0.5, 0.6) is 0 Å². The third kappa shape index (κ3) is 6.06. The zero-order chi connectivity index (χ0) is 10.3. The van der Waals surface area contributed by atoms with Gasteiger partial charge in [-0.2, -0.15) is 0 Å². The maximum absolute atomic E-state index is 10.9. The van der Waals surface area contributed by atoms with Crippen molar-refractivity contribution in [2.75, 3.05) is 19.6 Å².